The molecular weight excluding hydrogens is 306 g/mol. The Balaban J connectivity index is 2.21. The Morgan fingerprint density at radius 3 is 2.64 bits per heavy atom. The zero-order chi connectivity index (χ0) is 16.2. The molecular formula is C15H21NO5S. The first-order chi connectivity index (χ1) is 10.4. The lowest BCUT2D eigenvalue weighted by Gasteiger charge is -2.21. The van der Waals surface area contributed by atoms with Gasteiger partial charge < -0.3 is 9.47 Å². The molecule has 1 N–H and O–H groups in total. The van der Waals surface area contributed by atoms with Crippen LogP contribution in [0.3, 0.4) is 0 Å². The molecule has 22 heavy (non-hydrogen) atoms. The molecule has 6 nitrogen and oxygen atoms in total. The largest absolute Gasteiger partial charge is 0.465 e. The zero-order valence-corrected chi connectivity index (χ0v) is 13.6. The van der Waals surface area contributed by atoms with Gasteiger partial charge in [-0.25, -0.2) is 8.42 Å². The number of hydrogen-bond donors (Lipinski definition) is 1. The Morgan fingerprint density at radius 1 is 1.41 bits per heavy atom. The first-order valence-corrected chi connectivity index (χ1v) is 8.75. The van der Waals surface area contributed by atoms with Crippen LogP contribution in [0.15, 0.2) is 29.2 Å². The molecule has 1 aliphatic heterocycles. The molecule has 0 spiro atoms. The highest BCUT2D eigenvalue weighted by molar-refractivity contribution is 7.89. The van der Waals surface area contributed by atoms with Crippen molar-refractivity contribution in [3.8, 4) is 0 Å². The monoisotopic (exact) mass is 327 g/mol. The Labute approximate surface area is 130 Å². The van der Waals surface area contributed by atoms with Gasteiger partial charge in [-0.3, -0.25) is 4.79 Å². The fourth-order valence-corrected chi connectivity index (χ4v) is 3.59. The van der Waals surface area contributed by atoms with Gasteiger partial charge in [-0.05, 0) is 32.4 Å². The fourth-order valence-electron chi connectivity index (χ4n) is 2.34. The average molecular weight is 327 g/mol. The van der Waals surface area contributed by atoms with E-state index < -0.39 is 22.0 Å². The summed E-state index contributed by atoms with van der Waals surface area (Å²) in [6.45, 7) is 4.64. The van der Waals surface area contributed by atoms with Gasteiger partial charge in [-0.2, -0.15) is 4.72 Å². The van der Waals surface area contributed by atoms with Crippen LogP contribution in [0, 0.1) is 12.8 Å². The van der Waals surface area contributed by atoms with Gasteiger partial charge in [-0.1, -0.05) is 17.7 Å². The number of ether oxygens (including phenoxy) is 2. The molecule has 1 heterocycles. The number of hydrogen-bond acceptors (Lipinski definition) is 5. The predicted molar refractivity (Wildman–Crippen MR) is 80.8 cm³/mol. The summed E-state index contributed by atoms with van der Waals surface area (Å²) in [5.74, 6) is -0.770. The van der Waals surface area contributed by atoms with E-state index in [2.05, 4.69) is 4.72 Å². The van der Waals surface area contributed by atoms with Crippen molar-refractivity contribution in [3.63, 3.8) is 0 Å². The number of sulfonamides is 1. The van der Waals surface area contributed by atoms with E-state index in [4.69, 9.17) is 9.47 Å². The summed E-state index contributed by atoms with van der Waals surface area (Å²) in [5, 5.41) is 0. The Morgan fingerprint density at radius 2 is 2.09 bits per heavy atom. The molecule has 2 atom stereocenters. The second-order valence-electron chi connectivity index (χ2n) is 5.29. The van der Waals surface area contributed by atoms with E-state index >= 15 is 0 Å². The van der Waals surface area contributed by atoms with Crippen molar-refractivity contribution in [3.05, 3.63) is 29.8 Å². The summed E-state index contributed by atoms with van der Waals surface area (Å²) in [6.07, 6.45) is 0.625. The fraction of sp³-hybridized carbons (Fsp3) is 0.533. The summed E-state index contributed by atoms with van der Waals surface area (Å²) in [7, 11) is -3.78. The molecule has 122 valence electrons. The van der Waals surface area contributed by atoms with E-state index in [1.165, 1.54) is 12.1 Å². The standard InChI is InChI=1S/C15H21NO5S/c1-3-21-15(17)14(12-8-9-20-10-12)16-22(18,19)13-6-4-11(2)5-7-13/h4-7,12,14,16H,3,8-10H2,1-2H3/t12-,14-/m1/s1. The van der Waals surface area contributed by atoms with E-state index in [1.54, 1.807) is 19.1 Å². The summed E-state index contributed by atoms with van der Waals surface area (Å²) >= 11 is 0. The molecule has 0 aromatic heterocycles. The van der Waals surface area contributed by atoms with Crippen LogP contribution in [0.4, 0.5) is 0 Å². The Hall–Kier alpha value is -1.44. The molecule has 0 saturated carbocycles. The summed E-state index contributed by atoms with van der Waals surface area (Å²) < 4.78 is 37.6. The molecule has 0 radical (unpaired) electrons. The number of carbonyl (C=O) groups is 1. The summed E-state index contributed by atoms with van der Waals surface area (Å²) in [6, 6.07) is 5.55. The molecule has 1 saturated heterocycles. The van der Waals surface area contributed by atoms with Gasteiger partial charge >= 0.3 is 5.97 Å². The first-order valence-electron chi connectivity index (χ1n) is 7.27. The minimum atomic E-state index is -3.78. The van der Waals surface area contributed by atoms with Crippen LogP contribution in [-0.2, 0) is 24.3 Å². The normalized spacial score (nSPS) is 19.8. The smallest absolute Gasteiger partial charge is 0.324 e. The van der Waals surface area contributed by atoms with Crippen LogP contribution in [0.2, 0.25) is 0 Å². The number of esters is 1. The summed E-state index contributed by atoms with van der Waals surface area (Å²) in [4.78, 5) is 12.2. The minimum absolute atomic E-state index is 0.131. The van der Waals surface area contributed by atoms with Gasteiger partial charge in [-0.15, -0.1) is 0 Å². The molecule has 7 heteroatoms. The van der Waals surface area contributed by atoms with Gasteiger partial charge in [0, 0.05) is 12.5 Å². The van der Waals surface area contributed by atoms with Crippen molar-refractivity contribution in [2.45, 2.75) is 31.2 Å². The number of aryl methyl sites for hydroxylation is 1. The zero-order valence-electron chi connectivity index (χ0n) is 12.7. The highest BCUT2D eigenvalue weighted by Gasteiger charge is 2.36. The number of rotatable bonds is 6. The van der Waals surface area contributed by atoms with Crippen LogP contribution in [0.25, 0.3) is 0 Å². The van der Waals surface area contributed by atoms with Crippen molar-refractivity contribution in [2.24, 2.45) is 5.92 Å². The quantitative estimate of drug-likeness (QED) is 0.795. The molecule has 2 rings (SSSR count). The maximum atomic E-state index is 12.5. The molecule has 1 aromatic carbocycles. The lowest BCUT2D eigenvalue weighted by molar-refractivity contribution is -0.146. The van der Waals surface area contributed by atoms with Gasteiger partial charge in [0.2, 0.25) is 10.0 Å². The number of benzene rings is 1. The maximum Gasteiger partial charge on any atom is 0.324 e. The van der Waals surface area contributed by atoms with Crippen molar-refractivity contribution >= 4 is 16.0 Å². The van der Waals surface area contributed by atoms with Crippen molar-refractivity contribution in [1.82, 2.24) is 4.72 Å². The third-order valence-corrected chi connectivity index (χ3v) is 5.05. The molecule has 0 aliphatic carbocycles. The summed E-state index contributed by atoms with van der Waals surface area (Å²) in [5.41, 5.74) is 0.963. The second kappa shape index (κ2) is 7.21. The maximum absolute atomic E-state index is 12.5. The van der Waals surface area contributed by atoms with Crippen LogP contribution in [-0.4, -0.2) is 40.2 Å². The third-order valence-electron chi connectivity index (χ3n) is 3.59. The number of carbonyl (C=O) groups excluding carboxylic acids is 1. The number of nitrogens with one attached hydrogen (secondary N) is 1. The van der Waals surface area contributed by atoms with Crippen LogP contribution < -0.4 is 4.72 Å². The van der Waals surface area contributed by atoms with Crippen molar-refractivity contribution in [2.75, 3.05) is 19.8 Å². The van der Waals surface area contributed by atoms with Crippen molar-refractivity contribution < 1.29 is 22.7 Å². The van der Waals surface area contributed by atoms with Gasteiger partial charge in [0.25, 0.3) is 0 Å². The minimum Gasteiger partial charge on any atom is -0.465 e. The second-order valence-corrected chi connectivity index (χ2v) is 7.00. The SMILES string of the molecule is CCOC(=O)[C@H](NS(=O)(=O)c1ccc(C)cc1)[C@@H]1CCOC1. The first kappa shape index (κ1) is 16.9. The molecule has 1 aliphatic rings. The highest BCUT2D eigenvalue weighted by Crippen LogP contribution is 2.20. The lowest BCUT2D eigenvalue weighted by Crippen LogP contribution is -2.47. The van der Waals surface area contributed by atoms with Gasteiger partial charge in [0.1, 0.15) is 6.04 Å². The van der Waals surface area contributed by atoms with Crippen LogP contribution >= 0.6 is 0 Å². The molecule has 0 amide bonds. The molecule has 1 aromatic rings. The molecule has 1 fully saturated rings. The Bertz CT molecular complexity index is 605. The van der Waals surface area contributed by atoms with E-state index in [-0.39, 0.29) is 17.4 Å². The topological polar surface area (TPSA) is 81.7 Å². The molecule has 0 unspecified atom stereocenters. The van der Waals surface area contributed by atoms with E-state index in [9.17, 15) is 13.2 Å². The third kappa shape index (κ3) is 4.06. The van der Waals surface area contributed by atoms with E-state index in [0.29, 0.717) is 19.6 Å². The van der Waals surface area contributed by atoms with Crippen molar-refractivity contribution in [1.29, 1.82) is 0 Å². The Kier molecular flexibility index (Phi) is 5.55. The lowest BCUT2D eigenvalue weighted by atomic mass is 10.0. The van der Waals surface area contributed by atoms with E-state index in [1.807, 2.05) is 6.92 Å². The average Bonchev–Trinajstić information content (AvgIpc) is 2.99. The highest BCUT2D eigenvalue weighted by atomic mass is 32.2. The van der Waals surface area contributed by atoms with E-state index in [0.717, 1.165) is 5.56 Å². The predicted octanol–water partition coefficient (Wildman–Crippen LogP) is 1.24. The van der Waals surface area contributed by atoms with Gasteiger partial charge in [0.05, 0.1) is 18.1 Å². The van der Waals surface area contributed by atoms with Crippen LogP contribution in [0.1, 0.15) is 18.9 Å². The van der Waals surface area contributed by atoms with Gasteiger partial charge in [0.15, 0.2) is 0 Å². The molecule has 0 bridgehead atoms. The van der Waals surface area contributed by atoms with Crippen LogP contribution in [0.5, 0.6) is 0 Å².